The van der Waals surface area contributed by atoms with Crippen molar-refractivity contribution in [2.75, 3.05) is 12.4 Å². The van der Waals surface area contributed by atoms with Crippen LogP contribution in [0.1, 0.15) is 16.7 Å². The quantitative estimate of drug-likeness (QED) is 0.381. The van der Waals surface area contributed by atoms with Gasteiger partial charge in [0.25, 0.3) is 0 Å². The van der Waals surface area contributed by atoms with E-state index in [0.29, 0.717) is 0 Å². The summed E-state index contributed by atoms with van der Waals surface area (Å²) in [5.41, 5.74) is 3.11. The van der Waals surface area contributed by atoms with Crippen LogP contribution in [-0.2, 0) is 14.3 Å². The number of nitrogens with one attached hydrogen (secondary N) is 1. The van der Waals surface area contributed by atoms with Gasteiger partial charge in [-0.2, -0.15) is 0 Å². The van der Waals surface area contributed by atoms with Gasteiger partial charge in [-0.1, -0.05) is 91.0 Å². The minimum Gasteiger partial charge on any atom is -0.394 e. The van der Waals surface area contributed by atoms with Gasteiger partial charge >= 0.3 is 0 Å². The number of aliphatic hydroxyl groups excluding tert-OH is 3. The van der Waals surface area contributed by atoms with E-state index in [1.807, 2.05) is 54.6 Å². The fourth-order valence-electron chi connectivity index (χ4n) is 4.16. The topological polar surface area (TPSA) is 99.0 Å². The first-order valence-corrected chi connectivity index (χ1v) is 11.8. The molecule has 33 heavy (non-hydrogen) atoms. The lowest BCUT2D eigenvalue weighted by Gasteiger charge is -2.35. The molecule has 0 spiro atoms. The van der Waals surface area contributed by atoms with Crippen LogP contribution in [0.3, 0.4) is 0 Å². The highest BCUT2D eigenvalue weighted by atomic mass is 32.2. The summed E-state index contributed by atoms with van der Waals surface area (Å²) in [6.45, 7) is -0.446. The van der Waals surface area contributed by atoms with Crippen LogP contribution in [0.5, 0.6) is 0 Å². The molecule has 0 radical (unpaired) electrons. The lowest BCUT2D eigenvalue weighted by molar-refractivity contribution is -0.125. The summed E-state index contributed by atoms with van der Waals surface area (Å²) in [6.07, 6.45) is -4.58. The Morgan fingerprint density at radius 3 is 1.67 bits per heavy atom. The lowest BCUT2D eigenvalue weighted by Crippen LogP contribution is -2.45. The van der Waals surface area contributed by atoms with Gasteiger partial charge in [0, 0.05) is 0 Å². The molecule has 1 heterocycles. The van der Waals surface area contributed by atoms with Crippen molar-refractivity contribution < 1.29 is 24.9 Å². The summed E-state index contributed by atoms with van der Waals surface area (Å²) in [5.74, 6) is -0.271. The predicted molar refractivity (Wildman–Crippen MR) is 128 cm³/mol. The molecule has 4 N–H and O–H groups in total. The van der Waals surface area contributed by atoms with Gasteiger partial charge in [0.2, 0.25) is 5.91 Å². The van der Waals surface area contributed by atoms with Crippen molar-refractivity contribution in [2.24, 2.45) is 0 Å². The Morgan fingerprint density at radius 2 is 1.27 bits per heavy atom. The van der Waals surface area contributed by atoms with Crippen LogP contribution < -0.4 is 5.32 Å². The number of hydrogen-bond donors (Lipinski definition) is 4. The highest BCUT2D eigenvalue weighted by Crippen LogP contribution is 2.48. The van der Waals surface area contributed by atoms with Gasteiger partial charge in [0.1, 0.15) is 18.3 Å². The maximum Gasteiger partial charge on any atom is 0.232 e. The molecule has 3 aromatic rings. The maximum absolute atomic E-state index is 12.9. The molecule has 1 aliphatic rings. The number of benzene rings is 3. The van der Waals surface area contributed by atoms with Gasteiger partial charge in [-0.3, -0.25) is 4.79 Å². The largest absolute Gasteiger partial charge is 0.394 e. The fraction of sp³-hybridized carbons (Fsp3) is 0.269. The SMILES string of the molecule is O=C(CSC(c1ccccc1)(c1ccccc1)c1ccccc1)NC1O[C@H](CO)[C@@H](O)[C@H]1O. The van der Waals surface area contributed by atoms with E-state index in [9.17, 15) is 20.1 Å². The molecule has 6 nitrogen and oxygen atoms in total. The Morgan fingerprint density at radius 1 is 0.818 bits per heavy atom. The molecule has 4 atom stereocenters. The van der Waals surface area contributed by atoms with E-state index in [4.69, 9.17) is 4.74 Å². The third kappa shape index (κ3) is 4.83. The minimum absolute atomic E-state index is 0.0746. The lowest BCUT2D eigenvalue weighted by atomic mass is 9.84. The van der Waals surface area contributed by atoms with E-state index in [-0.39, 0.29) is 11.7 Å². The average Bonchev–Trinajstić information content (AvgIpc) is 3.14. The zero-order valence-corrected chi connectivity index (χ0v) is 18.8. The number of aliphatic hydroxyl groups is 3. The number of ether oxygens (including phenoxy) is 1. The molecule has 1 unspecified atom stereocenters. The fourth-order valence-corrected chi connectivity index (χ4v) is 5.50. The second-order valence-corrected chi connectivity index (χ2v) is 9.08. The van der Waals surface area contributed by atoms with Crippen molar-refractivity contribution >= 4 is 17.7 Å². The summed E-state index contributed by atoms with van der Waals surface area (Å²) in [5, 5.41) is 32.0. The second-order valence-electron chi connectivity index (χ2n) is 7.89. The van der Waals surface area contributed by atoms with Crippen LogP contribution in [0.2, 0.25) is 0 Å². The minimum atomic E-state index is -1.31. The molecule has 3 aromatic carbocycles. The predicted octanol–water partition coefficient (Wildman–Crippen LogP) is 2.27. The van der Waals surface area contributed by atoms with E-state index >= 15 is 0 Å². The van der Waals surface area contributed by atoms with E-state index < -0.39 is 35.9 Å². The molecule has 172 valence electrons. The number of thioether (sulfide) groups is 1. The van der Waals surface area contributed by atoms with Crippen molar-refractivity contribution in [3.8, 4) is 0 Å². The van der Waals surface area contributed by atoms with Crippen LogP contribution in [0.15, 0.2) is 91.0 Å². The molecule has 1 fully saturated rings. The van der Waals surface area contributed by atoms with Crippen molar-refractivity contribution in [3.05, 3.63) is 108 Å². The van der Waals surface area contributed by atoms with Crippen LogP contribution in [0.4, 0.5) is 0 Å². The standard InChI is InChI=1S/C26H27NO5S/c28-16-21-23(30)24(31)25(32-21)27-22(29)17-33-26(18-10-4-1-5-11-18,19-12-6-2-7-13-19)20-14-8-3-9-15-20/h1-15,21,23-25,28,30-31H,16-17H2,(H,27,29)/t21-,23-,24-,25?/m1/s1. The molecule has 1 amide bonds. The summed E-state index contributed by atoms with van der Waals surface area (Å²) >= 11 is 1.47. The molecule has 0 aromatic heterocycles. The van der Waals surface area contributed by atoms with Crippen LogP contribution in [0.25, 0.3) is 0 Å². The van der Waals surface area contributed by atoms with Gasteiger partial charge in [-0.15, -0.1) is 11.8 Å². The van der Waals surface area contributed by atoms with Gasteiger partial charge in [0.05, 0.1) is 17.1 Å². The first kappa shape index (κ1) is 23.5. The third-order valence-electron chi connectivity index (χ3n) is 5.81. The highest BCUT2D eigenvalue weighted by Gasteiger charge is 2.43. The van der Waals surface area contributed by atoms with Crippen molar-refractivity contribution in [3.63, 3.8) is 0 Å². The summed E-state index contributed by atoms with van der Waals surface area (Å²) in [4.78, 5) is 12.9. The Bertz CT molecular complexity index is 938. The first-order valence-electron chi connectivity index (χ1n) is 10.8. The van der Waals surface area contributed by atoms with Crippen molar-refractivity contribution in [1.82, 2.24) is 5.32 Å². The first-order chi connectivity index (χ1) is 16.1. The summed E-state index contributed by atoms with van der Waals surface area (Å²) in [7, 11) is 0. The van der Waals surface area contributed by atoms with Crippen LogP contribution >= 0.6 is 11.8 Å². The normalized spacial score (nSPS) is 22.8. The summed E-state index contributed by atoms with van der Waals surface area (Å²) < 4.78 is 4.75. The monoisotopic (exact) mass is 465 g/mol. The number of rotatable bonds is 8. The van der Waals surface area contributed by atoms with Crippen molar-refractivity contribution in [1.29, 1.82) is 0 Å². The van der Waals surface area contributed by atoms with E-state index in [1.54, 1.807) is 0 Å². The van der Waals surface area contributed by atoms with Gasteiger partial charge in [-0.25, -0.2) is 0 Å². The average molecular weight is 466 g/mol. The van der Waals surface area contributed by atoms with E-state index in [1.165, 1.54) is 11.8 Å². The Labute approximate surface area is 197 Å². The number of carbonyl (C=O) groups is 1. The Hall–Kier alpha value is -2.68. The van der Waals surface area contributed by atoms with Gasteiger partial charge < -0.3 is 25.4 Å². The van der Waals surface area contributed by atoms with Gasteiger partial charge in [-0.05, 0) is 16.7 Å². The van der Waals surface area contributed by atoms with E-state index in [0.717, 1.165) is 16.7 Å². The third-order valence-corrected chi connectivity index (χ3v) is 7.35. The second kappa shape index (κ2) is 10.5. The van der Waals surface area contributed by atoms with Crippen molar-refractivity contribution in [2.45, 2.75) is 29.3 Å². The molecule has 7 heteroatoms. The highest BCUT2D eigenvalue weighted by molar-refractivity contribution is 8.01. The van der Waals surface area contributed by atoms with Gasteiger partial charge in [0.15, 0.2) is 6.23 Å². The maximum atomic E-state index is 12.9. The number of carbonyl (C=O) groups excluding carboxylic acids is 1. The molecular weight excluding hydrogens is 438 g/mol. The Balaban J connectivity index is 1.64. The molecule has 0 aliphatic carbocycles. The molecule has 1 saturated heterocycles. The van der Waals surface area contributed by atoms with E-state index in [2.05, 4.69) is 41.7 Å². The number of amides is 1. The zero-order chi connectivity index (χ0) is 23.3. The Kier molecular flexibility index (Phi) is 7.47. The molecule has 0 saturated carbocycles. The molecule has 4 rings (SSSR count). The van der Waals surface area contributed by atoms with Crippen LogP contribution in [0, 0.1) is 0 Å². The van der Waals surface area contributed by atoms with Crippen LogP contribution in [-0.4, -0.2) is 58.1 Å². The molecule has 0 bridgehead atoms. The molecule has 1 aliphatic heterocycles. The smallest absolute Gasteiger partial charge is 0.232 e. The summed E-state index contributed by atoms with van der Waals surface area (Å²) in [6, 6.07) is 30.1. The number of hydrogen-bond acceptors (Lipinski definition) is 6. The zero-order valence-electron chi connectivity index (χ0n) is 18.0. The molecular formula is C26H27NO5S.